The monoisotopic (exact) mass is 383 g/mol. The van der Waals surface area contributed by atoms with Gasteiger partial charge in [0.25, 0.3) is 0 Å². The maximum atomic E-state index is 12.4. The van der Waals surface area contributed by atoms with Gasteiger partial charge in [0.05, 0.1) is 13.7 Å². The normalized spacial score (nSPS) is 13.9. The minimum atomic E-state index is -0.0275. The molecule has 28 heavy (non-hydrogen) atoms. The number of nitrogens with zero attached hydrogens (tertiary/aromatic N) is 2. The number of carbonyl (C=O) groups excluding carboxylic acids is 1. The molecule has 2 aromatic rings. The molecular weight excluding hydrogens is 354 g/mol. The zero-order valence-corrected chi connectivity index (χ0v) is 16.7. The van der Waals surface area contributed by atoms with E-state index >= 15 is 0 Å². The minimum absolute atomic E-state index is 0.0275. The molecule has 1 aliphatic heterocycles. The second kappa shape index (κ2) is 9.88. The largest absolute Gasteiger partial charge is 0.497 e. The van der Waals surface area contributed by atoms with Crippen LogP contribution in [0.2, 0.25) is 0 Å². The molecule has 0 unspecified atom stereocenters. The first-order valence-corrected chi connectivity index (χ1v) is 9.83. The minimum Gasteiger partial charge on any atom is -0.497 e. The highest BCUT2D eigenvalue weighted by atomic mass is 16.5. The molecule has 0 saturated carbocycles. The third-order valence-corrected chi connectivity index (χ3v) is 4.96. The van der Waals surface area contributed by atoms with Gasteiger partial charge in [-0.05, 0) is 48.4 Å². The van der Waals surface area contributed by atoms with Gasteiger partial charge in [-0.1, -0.05) is 19.1 Å². The van der Waals surface area contributed by atoms with Crippen LogP contribution in [0.15, 0.2) is 48.5 Å². The number of hydrogen-bond donors (Lipinski definition) is 1. The highest BCUT2D eigenvalue weighted by molar-refractivity contribution is 5.74. The van der Waals surface area contributed by atoms with Crippen LogP contribution in [0.5, 0.6) is 11.5 Å². The molecule has 0 aliphatic carbocycles. The summed E-state index contributed by atoms with van der Waals surface area (Å²) < 4.78 is 10.9. The summed E-state index contributed by atoms with van der Waals surface area (Å²) in [5, 5.41) is 2.95. The molecular formula is C22H29N3O3. The van der Waals surface area contributed by atoms with Gasteiger partial charge in [0.1, 0.15) is 18.1 Å². The van der Waals surface area contributed by atoms with E-state index in [1.54, 1.807) is 7.11 Å². The number of rotatable bonds is 7. The van der Waals surface area contributed by atoms with Crippen molar-refractivity contribution in [3.8, 4) is 11.5 Å². The van der Waals surface area contributed by atoms with Gasteiger partial charge in [-0.3, -0.25) is 0 Å². The van der Waals surface area contributed by atoms with E-state index in [1.165, 1.54) is 5.56 Å². The second-order valence-electron chi connectivity index (χ2n) is 6.75. The number of hydrogen-bond acceptors (Lipinski definition) is 4. The average Bonchev–Trinajstić information content (AvgIpc) is 2.77. The molecule has 3 rings (SSSR count). The number of urea groups is 1. The van der Waals surface area contributed by atoms with Crippen molar-refractivity contribution in [3.05, 3.63) is 54.1 Å². The Balaban J connectivity index is 1.37. The SMILES string of the molecule is CCc1cccc(OCCNC(=O)N2CCN(c3ccc(OC)cc3)CC2)c1. The van der Waals surface area contributed by atoms with Gasteiger partial charge in [-0.25, -0.2) is 4.79 Å². The third-order valence-electron chi connectivity index (χ3n) is 4.96. The molecule has 0 spiro atoms. The van der Waals surface area contributed by atoms with Gasteiger partial charge < -0.3 is 24.6 Å². The van der Waals surface area contributed by atoms with Crippen LogP contribution < -0.4 is 19.7 Å². The lowest BCUT2D eigenvalue weighted by molar-refractivity contribution is 0.191. The van der Waals surface area contributed by atoms with Crippen molar-refractivity contribution >= 4 is 11.7 Å². The Morgan fingerprint density at radius 3 is 2.46 bits per heavy atom. The van der Waals surface area contributed by atoms with Crippen LogP contribution in [-0.4, -0.2) is 57.4 Å². The van der Waals surface area contributed by atoms with Crippen molar-refractivity contribution in [2.45, 2.75) is 13.3 Å². The van der Waals surface area contributed by atoms with Gasteiger partial charge in [0.15, 0.2) is 0 Å². The summed E-state index contributed by atoms with van der Waals surface area (Å²) in [6.45, 7) is 6.13. The van der Waals surface area contributed by atoms with E-state index in [4.69, 9.17) is 9.47 Å². The van der Waals surface area contributed by atoms with Gasteiger partial charge >= 0.3 is 6.03 Å². The highest BCUT2D eigenvalue weighted by Crippen LogP contribution is 2.20. The first-order chi connectivity index (χ1) is 13.7. The second-order valence-corrected chi connectivity index (χ2v) is 6.75. The van der Waals surface area contributed by atoms with Gasteiger partial charge in [0, 0.05) is 31.9 Å². The van der Waals surface area contributed by atoms with Crippen molar-refractivity contribution in [2.75, 3.05) is 51.3 Å². The number of methoxy groups -OCH3 is 1. The van der Waals surface area contributed by atoms with Crippen LogP contribution in [-0.2, 0) is 6.42 Å². The van der Waals surface area contributed by atoms with Crippen molar-refractivity contribution in [3.63, 3.8) is 0 Å². The molecule has 6 nitrogen and oxygen atoms in total. The number of anilines is 1. The lowest BCUT2D eigenvalue weighted by atomic mass is 10.2. The lowest BCUT2D eigenvalue weighted by Crippen LogP contribution is -2.52. The van der Waals surface area contributed by atoms with Gasteiger partial charge in [-0.15, -0.1) is 0 Å². The molecule has 6 heteroatoms. The molecule has 0 aromatic heterocycles. The Labute approximate surface area is 167 Å². The van der Waals surface area contributed by atoms with E-state index < -0.39 is 0 Å². The molecule has 2 aromatic carbocycles. The maximum absolute atomic E-state index is 12.4. The summed E-state index contributed by atoms with van der Waals surface area (Å²) in [5.74, 6) is 1.70. The highest BCUT2D eigenvalue weighted by Gasteiger charge is 2.21. The molecule has 1 N–H and O–H groups in total. The topological polar surface area (TPSA) is 54.0 Å². The van der Waals surface area contributed by atoms with Crippen LogP contribution in [0.1, 0.15) is 12.5 Å². The zero-order valence-electron chi connectivity index (χ0n) is 16.7. The van der Waals surface area contributed by atoms with Crippen LogP contribution in [0, 0.1) is 0 Å². The van der Waals surface area contributed by atoms with E-state index in [9.17, 15) is 4.79 Å². The van der Waals surface area contributed by atoms with Crippen LogP contribution in [0.3, 0.4) is 0 Å². The predicted octanol–water partition coefficient (Wildman–Crippen LogP) is 3.17. The van der Waals surface area contributed by atoms with E-state index in [-0.39, 0.29) is 6.03 Å². The Morgan fingerprint density at radius 2 is 1.79 bits per heavy atom. The van der Waals surface area contributed by atoms with Crippen molar-refractivity contribution < 1.29 is 14.3 Å². The number of benzene rings is 2. The van der Waals surface area contributed by atoms with Crippen molar-refractivity contribution in [1.82, 2.24) is 10.2 Å². The third kappa shape index (κ3) is 5.31. The first kappa shape index (κ1) is 19.9. The van der Waals surface area contributed by atoms with E-state index in [1.807, 2.05) is 35.2 Å². The average molecular weight is 383 g/mol. The fourth-order valence-corrected chi connectivity index (χ4v) is 3.25. The van der Waals surface area contributed by atoms with E-state index in [2.05, 4.69) is 35.3 Å². The zero-order chi connectivity index (χ0) is 19.8. The summed E-state index contributed by atoms with van der Waals surface area (Å²) in [4.78, 5) is 16.5. The number of amides is 2. The molecule has 0 bridgehead atoms. The van der Waals surface area contributed by atoms with E-state index in [0.717, 1.165) is 36.7 Å². The maximum Gasteiger partial charge on any atom is 0.317 e. The molecule has 0 atom stereocenters. The molecule has 0 radical (unpaired) electrons. The Kier molecular flexibility index (Phi) is 7.00. The fourth-order valence-electron chi connectivity index (χ4n) is 3.25. The summed E-state index contributed by atoms with van der Waals surface area (Å²) in [7, 11) is 1.67. The predicted molar refractivity (Wildman–Crippen MR) is 111 cm³/mol. The summed E-state index contributed by atoms with van der Waals surface area (Å²) >= 11 is 0. The molecule has 1 aliphatic rings. The first-order valence-electron chi connectivity index (χ1n) is 9.83. The Hall–Kier alpha value is -2.89. The number of aryl methyl sites for hydroxylation is 1. The van der Waals surface area contributed by atoms with Crippen molar-refractivity contribution in [1.29, 1.82) is 0 Å². The Bertz CT molecular complexity index is 756. The van der Waals surface area contributed by atoms with E-state index in [0.29, 0.717) is 26.2 Å². The lowest BCUT2D eigenvalue weighted by Gasteiger charge is -2.36. The molecule has 1 saturated heterocycles. The standard InChI is InChI=1S/C22H29N3O3/c1-3-18-5-4-6-21(17-18)28-16-11-23-22(26)25-14-12-24(13-15-25)19-7-9-20(27-2)10-8-19/h4-10,17H,3,11-16H2,1-2H3,(H,23,26). The fraction of sp³-hybridized carbons (Fsp3) is 0.409. The van der Waals surface area contributed by atoms with Gasteiger partial charge in [0.2, 0.25) is 0 Å². The van der Waals surface area contributed by atoms with Crippen LogP contribution >= 0.6 is 0 Å². The summed E-state index contributed by atoms with van der Waals surface area (Å²) in [5.41, 5.74) is 2.40. The molecule has 2 amide bonds. The van der Waals surface area contributed by atoms with Crippen LogP contribution in [0.4, 0.5) is 10.5 Å². The Morgan fingerprint density at radius 1 is 1.04 bits per heavy atom. The quantitative estimate of drug-likeness (QED) is 0.746. The molecule has 150 valence electrons. The number of carbonyl (C=O) groups is 1. The van der Waals surface area contributed by atoms with Crippen LogP contribution in [0.25, 0.3) is 0 Å². The van der Waals surface area contributed by atoms with Gasteiger partial charge in [-0.2, -0.15) is 0 Å². The summed E-state index contributed by atoms with van der Waals surface area (Å²) in [6.07, 6.45) is 0.983. The van der Waals surface area contributed by atoms with Crippen molar-refractivity contribution in [2.24, 2.45) is 0 Å². The molecule has 1 heterocycles. The number of piperazine rings is 1. The number of ether oxygens (including phenoxy) is 2. The summed E-state index contributed by atoms with van der Waals surface area (Å²) in [6, 6.07) is 16.1. The number of nitrogens with one attached hydrogen (secondary N) is 1. The molecule has 1 fully saturated rings. The smallest absolute Gasteiger partial charge is 0.317 e.